The second-order valence-corrected chi connectivity index (χ2v) is 6.59. The van der Waals surface area contributed by atoms with Gasteiger partial charge in [-0.25, -0.2) is 4.79 Å². The van der Waals surface area contributed by atoms with Crippen molar-refractivity contribution in [3.63, 3.8) is 0 Å². The van der Waals surface area contributed by atoms with Crippen molar-refractivity contribution in [3.8, 4) is 0 Å². The number of aryl methyl sites for hydroxylation is 1. The zero-order valence-corrected chi connectivity index (χ0v) is 13.7. The Labute approximate surface area is 127 Å². The van der Waals surface area contributed by atoms with Crippen LogP contribution in [0.5, 0.6) is 0 Å². The number of nitrogens with one attached hydrogen (secondary N) is 1. The molecule has 1 aromatic rings. The third-order valence-corrected chi connectivity index (χ3v) is 4.20. The molecule has 1 aromatic heterocycles. The number of carbonyl (C=O) groups excluding carboxylic acids is 1. The van der Waals surface area contributed by atoms with Crippen LogP contribution in [0.4, 0.5) is 4.79 Å². The summed E-state index contributed by atoms with van der Waals surface area (Å²) in [5.74, 6) is 0.624. The van der Waals surface area contributed by atoms with E-state index in [0.29, 0.717) is 12.0 Å². The highest BCUT2D eigenvalue weighted by atomic mass is 16.2. The monoisotopic (exact) mass is 292 g/mol. The molecule has 2 heterocycles. The Hall–Kier alpha value is -1.52. The van der Waals surface area contributed by atoms with Gasteiger partial charge in [-0.15, -0.1) is 0 Å². The molecule has 0 radical (unpaired) electrons. The summed E-state index contributed by atoms with van der Waals surface area (Å²) in [6.07, 6.45) is 8.34. The molecule has 1 saturated heterocycles. The van der Waals surface area contributed by atoms with Crippen molar-refractivity contribution in [1.29, 1.82) is 0 Å². The molecule has 0 bridgehead atoms. The van der Waals surface area contributed by atoms with Gasteiger partial charge in [0.25, 0.3) is 0 Å². The highest BCUT2D eigenvalue weighted by Crippen LogP contribution is 2.23. The predicted molar refractivity (Wildman–Crippen MR) is 84.0 cm³/mol. The highest BCUT2D eigenvalue weighted by molar-refractivity contribution is 5.75. The molecule has 2 amide bonds. The largest absolute Gasteiger partial charge is 0.331 e. The van der Waals surface area contributed by atoms with E-state index in [1.807, 2.05) is 31.3 Å². The Balaban J connectivity index is 1.96. The SMILES string of the molecule is CC(C)C[C@@H]1CCCCN1C(=O)N[C@H](C)c1cnn(C)c1. The maximum Gasteiger partial charge on any atom is 0.318 e. The molecule has 0 spiro atoms. The molecule has 0 saturated carbocycles. The lowest BCUT2D eigenvalue weighted by Gasteiger charge is -2.37. The van der Waals surface area contributed by atoms with E-state index in [-0.39, 0.29) is 12.1 Å². The van der Waals surface area contributed by atoms with E-state index in [0.717, 1.165) is 31.4 Å². The Kier molecular flexibility index (Phi) is 5.26. The van der Waals surface area contributed by atoms with Crippen LogP contribution in [0.1, 0.15) is 58.1 Å². The van der Waals surface area contributed by atoms with Gasteiger partial charge in [0.2, 0.25) is 0 Å². The first-order valence-electron chi connectivity index (χ1n) is 8.03. The van der Waals surface area contributed by atoms with Crippen LogP contribution in [0.3, 0.4) is 0 Å². The average molecular weight is 292 g/mol. The van der Waals surface area contributed by atoms with Crippen molar-refractivity contribution in [2.24, 2.45) is 13.0 Å². The molecule has 1 N–H and O–H groups in total. The Morgan fingerprint density at radius 2 is 2.19 bits per heavy atom. The third kappa shape index (κ3) is 4.22. The summed E-state index contributed by atoms with van der Waals surface area (Å²) in [5, 5.41) is 7.28. The number of hydrogen-bond acceptors (Lipinski definition) is 2. The van der Waals surface area contributed by atoms with Crippen molar-refractivity contribution in [2.45, 2.75) is 58.5 Å². The van der Waals surface area contributed by atoms with E-state index in [4.69, 9.17) is 0 Å². The summed E-state index contributed by atoms with van der Waals surface area (Å²) in [6.45, 7) is 7.34. The molecule has 2 rings (SSSR count). The summed E-state index contributed by atoms with van der Waals surface area (Å²) in [4.78, 5) is 14.6. The van der Waals surface area contributed by atoms with Crippen molar-refractivity contribution in [1.82, 2.24) is 20.0 Å². The number of hydrogen-bond donors (Lipinski definition) is 1. The fraction of sp³-hybridized carbons (Fsp3) is 0.750. The number of aromatic nitrogens is 2. The summed E-state index contributed by atoms with van der Waals surface area (Å²) < 4.78 is 1.76. The minimum Gasteiger partial charge on any atom is -0.331 e. The molecule has 0 aromatic carbocycles. The maximum atomic E-state index is 12.6. The molecule has 5 heteroatoms. The number of piperidine rings is 1. The molecule has 0 aliphatic carbocycles. The van der Waals surface area contributed by atoms with Crippen LogP contribution in [-0.2, 0) is 7.05 Å². The van der Waals surface area contributed by atoms with Gasteiger partial charge in [-0.2, -0.15) is 5.10 Å². The number of urea groups is 1. The standard InChI is InChI=1S/C16H28N4O/c1-12(2)9-15-7-5-6-8-20(15)16(21)18-13(3)14-10-17-19(4)11-14/h10-13,15H,5-9H2,1-4H3,(H,18,21)/t13-,15+/m1/s1. The Morgan fingerprint density at radius 3 is 2.81 bits per heavy atom. The third-order valence-electron chi connectivity index (χ3n) is 4.20. The molecule has 118 valence electrons. The van der Waals surface area contributed by atoms with Crippen LogP contribution in [-0.4, -0.2) is 33.3 Å². The zero-order chi connectivity index (χ0) is 15.4. The van der Waals surface area contributed by atoms with Gasteiger partial charge in [-0.05, 0) is 38.5 Å². The van der Waals surface area contributed by atoms with Crippen molar-refractivity contribution in [3.05, 3.63) is 18.0 Å². The van der Waals surface area contributed by atoms with Gasteiger partial charge in [0.05, 0.1) is 12.2 Å². The Bertz CT molecular complexity index is 469. The predicted octanol–water partition coefficient (Wildman–Crippen LogP) is 3.09. The first-order chi connectivity index (χ1) is 9.97. The van der Waals surface area contributed by atoms with Gasteiger partial charge in [0.1, 0.15) is 0 Å². The fourth-order valence-electron chi connectivity index (χ4n) is 3.07. The summed E-state index contributed by atoms with van der Waals surface area (Å²) in [7, 11) is 1.89. The average Bonchev–Trinajstić information content (AvgIpc) is 2.85. The van der Waals surface area contributed by atoms with E-state index in [1.54, 1.807) is 4.68 Å². The van der Waals surface area contributed by atoms with E-state index >= 15 is 0 Å². The number of carbonyl (C=O) groups is 1. The minimum absolute atomic E-state index is 0.00664. The van der Waals surface area contributed by atoms with Crippen LogP contribution in [0.15, 0.2) is 12.4 Å². The zero-order valence-electron chi connectivity index (χ0n) is 13.7. The molecule has 2 atom stereocenters. The molecule has 1 fully saturated rings. The lowest BCUT2D eigenvalue weighted by Crippen LogP contribution is -2.49. The van der Waals surface area contributed by atoms with Crippen molar-refractivity contribution >= 4 is 6.03 Å². The first kappa shape index (κ1) is 15.9. The molecule has 0 unspecified atom stereocenters. The molecule has 1 aliphatic rings. The lowest BCUT2D eigenvalue weighted by molar-refractivity contribution is 0.137. The van der Waals surface area contributed by atoms with Gasteiger partial charge >= 0.3 is 6.03 Å². The van der Waals surface area contributed by atoms with Gasteiger partial charge in [0.15, 0.2) is 0 Å². The van der Waals surface area contributed by atoms with Crippen LogP contribution >= 0.6 is 0 Å². The van der Waals surface area contributed by atoms with Crippen molar-refractivity contribution < 1.29 is 4.79 Å². The van der Waals surface area contributed by atoms with E-state index < -0.39 is 0 Å². The number of rotatable bonds is 4. The summed E-state index contributed by atoms with van der Waals surface area (Å²) >= 11 is 0. The van der Waals surface area contributed by atoms with Crippen LogP contribution in [0.25, 0.3) is 0 Å². The second-order valence-electron chi connectivity index (χ2n) is 6.59. The van der Waals surface area contributed by atoms with Crippen LogP contribution < -0.4 is 5.32 Å². The summed E-state index contributed by atoms with van der Waals surface area (Å²) in [5.41, 5.74) is 1.04. The van der Waals surface area contributed by atoms with Crippen molar-refractivity contribution in [2.75, 3.05) is 6.54 Å². The van der Waals surface area contributed by atoms with Gasteiger partial charge in [-0.1, -0.05) is 13.8 Å². The van der Waals surface area contributed by atoms with Gasteiger partial charge < -0.3 is 10.2 Å². The number of amides is 2. The molecular weight excluding hydrogens is 264 g/mol. The van der Waals surface area contributed by atoms with E-state index in [9.17, 15) is 4.79 Å². The van der Waals surface area contributed by atoms with Gasteiger partial charge in [0, 0.05) is 31.4 Å². The van der Waals surface area contributed by atoms with Gasteiger partial charge in [-0.3, -0.25) is 4.68 Å². The number of likely N-dealkylation sites (tertiary alicyclic amines) is 1. The normalized spacial score (nSPS) is 20.6. The first-order valence-corrected chi connectivity index (χ1v) is 8.03. The van der Waals surface area contributed by atoms with E-state index in [1.165, 1.54) is 6.42 Å². The highest BCUT2D eigenvalue weighted by Gasteiger charge is 2.28. The molecule has 1 aliphatic heterocycles. The smallest absolute Gasteiger partial charge is 0.318 e. The quantitative estimate of drug-likeness (QED) is 0.927. The van der Waals surface area contributed by atoms with Crippen LogP contribution in [0.2, 0.25) is 0 Å². The number of nitrogens with zero attached hydrogens (tertiary/aromatic N) is 3. The van der Waals surface area contributed by atoms with E-state index in [2.05, 4.69) is 24.3 Å². The Morgan fingerprint density at radius 1 is 1.43 bits per heavy atom. The van der Waals surface area contributed by atoms with Crippen LogP contribution in [0, 0.1) is 5.92 Å². The minimum atomic E-state index is -0.00664. The lowest BCUT2D eigenvalue weighted by atomic mass is 9.94. The second kappa shape index (κ2) is 6.96. The molecule has 21 heavy (non-hydrogen) atoms. The topological polar surface area (TPSA) is 50.2 Å². The maximum absolute atomic E-state index is 12.6. The molecule has 5 nitrogen and oxygen atoms in total. The summed E-state index contributed by atoms with van der Waals surface area (Å²) in [6, 6.07) is 0.448. The fourth-order valence-corrected chi connectivity index (χ4v) is 3.07. The molecular formula is C16H28N4O.